The number of likely N-dealkylation sites (tertiary alicyclic amines) is 1. The zero-order valence-corrected chi connectivity index (χ0v) is 10.9. The molecule has 1 aliphatic carbocycles. The molecule has 4 nitrogen and oxygen atoms in total. The van der Waals surface area contributed by atoms with E-state index in [-0.39, 0.29) is 5.92 Å². The van der Waals surface area contributed by atoms with Gasteiger partial charge in [0.2, 0.25) is 0 Å². The van der Waals surface area contributed by atoms with E-state index in [9.17, 15) is 9.90 Å². The number of aliphatic carboxylic acids is 1. The van der Waals surface area contributed by atoms with Gasteiger partial charge in [0, 0.05) is 25.2 Å². The highest BCUT2D eigenvalue weighted by Gasteiger charge is 2.39. The monoisotopic (exact) mass is 240 g/mol. The molecule has 4 unspecified atom stereocenters. The molecular weight excluding hydrogens is 216 g/mol. The van der Waals surface area contributed by atoms with Crippen molar-refractivity contribution in [2.45, 2.75) is 45.2 Å². The standard InChI is InChI=1S/C13H24N2O2/c1-3-14-11-6-10(13(16)17)7-15(8-11)12-5-4-9(12)2/h9-12,14H,3-8H2,1-2H3,(H,16,17). The fraction of sp³-hybridized carbons (Fsp3) is 0.923. The minimum Gasteiger partial charge on any atom is -0.481 e. The number of rotatable bonds is 4. The molecule has 4 atom stereocenters. The number of hydrogen-bond donors (Lipinski definition) is 2. The first-order chi connectivity index (χ1) is 8.11. The van der Waals surface area contributed by atoms with Crippen LogP contribution in [0.5, 0.6) is 0 Å². The van der Waals surface area contributed by atoms with Gasteiger partial charge in [-0.05, 0) is 31.7 Å². The maximum absolute atomic E-state index is 11.2. The first-order valence-corrected chi connectivity index (χ1v) is 6.82. The molecule has 0 aromatic heterocycles. The molecule has 1 saturated carbocycles. The molecular formula is C13H24N2O2. The molecule has 2 rings (SSSR count). The summed E-state index contributed by atoms with van der Waals surface area (Å²) in [6.45, 7) is 7.05. The van der Waals surface area contributed by atoms with E-state index in [0.29, 0.717) is 12.1 Å². The van der Waals surface area contributed by atoms with Crippen molar-refractivity contribution in [1.82, 2.24) is 10.2 Å². The Balaban J connectivity index is 1.98. The molecule has 0 aromatic carbocycles. The predicted molar refractivity (Wildman–Crippen MR) is 67.0 cm³/mol. The van der Waals surface area contributed by atoms with Crippen LogP contribution in [0.25, 0.3) is 0 Å². The minimum atomic E-state index is -0.635. The van der Waals surface area contributed by atoms with E-state index < -0.39 is 5.97 Å². The molecule has 17 heavy (non-hydrogen) atoms. The normalized spacial score (nSPS) is 38.7. The first-order valence-electron chi connectivity index (χ1n) is 6.82. The Kier molecular flexibility index (Phi) is 4.05. The lowest BCUT2D eigenvalue weighted by Gasteiger charge is -2.47. The van der Waals surface area contributed by atoms with Gasteiger partial charge in [-0.3, -0.25) is 9.69 Å². The van der Waals surface area contributed by atoms with Crippen molar-refractivity contribution in [3.05, 3.63) is 0 Å². The van der Waals surface area contributed by atoms with Crippen molar-refractivity contribution in [3.8, 4) is 0 Å². The molecule has 0 radical (unpaired) electrons. The van der Waals surface area contributed by atoms with Gasteiger partial charge in [0.05, 0.1) is 5.92 Å². The van der Waals surface area contributed by atoms with Gasteiger partial charge in [-0.25, -0.2) is 0 Å². The third-order valence-electron chi connectivity index (χ3n) is 4.36. The molecule has 1 aliphatic heterocycles. The third-order valence-corrected chi connectivity index (χ3v) is 4.36. The Bertz CT molecular complexity index is 283. The summed E-state index contributed by atoms with van der Waals surface area (Å²) in [5.41, 5.74) is 0. The van der Waals surface area contributed by atoms with Gasteiger partial charge in [0.25, 0.3) is 0 Å². The first kappa shape index (κ1) is 12.8. The summed E-state index contributed by atoms with van der Waals surface area (Å²) in [7, 11) is 0. The molecule has 0 aromatic rings. The van der Waals surface area contributed by atoms with Crippen LogP contribution >= 0.6 is 0 Å². The number of hydrogen-bond acceptors (Lipinski definition) is 3. The second-order valence-electron chi connectivity index (χ2n) is 5.60. The minimum absolute atomic E-state index is 0.194. The van der Waals surface area contributed by atoms with Crippen LogP contribution in [0, 0.1) is 11.8 Å². The van der Waals surface area contributed by atoms with Gasteiger partial charge in [0.1, 0.15) is 0 Å². The van der Waals surface area contributed by atoms with Gasteiger partial charge in [-0.2, -0.15) is 0 Å². The average Bonchev–Trinajstić information content (AvgIpc) is 2.27. The number of nitrogens with zero attached hydrogens (tertiary/aromatic N) is 1. The highest BCUT2D eigenvalue weighted by Crippen LogP contribution is 2.34. The van der Waals surface area contributed by atoms with Crippen molar-refractivity contribution in [1.29, 1.82) is 0 Å². The Labute approximate surface area is 103 Å². The Morgan fingerprint density at radius 1 is 1.41 bits per heavy atom. The molecule has 1 saturated heterocycles. The number of carboxylic acids is 1. The number of carboxylic acid groups (broad SMARTS) is 1. The summed E-state index contributed by atoms with van der Waals surface area (Å²) in [4.78, 5) is 13.6. The van der Waals surface area contributed by atoms with Gasteiger partial charge in [0.15, 0.2) is 0 Å². The second-order valence-corrected chi connectivity index (χ2v) is 5.60. The topological polar surface area (TPSA) is 52.6 Å². The molecule has 4 heteroatoms. The zero-order valence-electron chi connectivity index (χ0n) is 10.9. The van der Waals surface area contributed by atoms with Crippen LogP contribution in [0.15, 0.2) is 0 Å². The van der Waals surface area contributed by atoms with Crippen LogP contribution in [-0.4, -0.2) is 47.7 Å². The van der Waals surface area contributed by atoms with Crippen LogP contribution in [-0.2, 0) is 4.79 Å². The molecule has 0 spiro atoms. The number of likely N-dealkylation sites (N-methyl/N-ethyl adjacent to an activating group) is 1. The third kappa shape index (κ3) is 2.80. The molecule has 0 amide bonds. The summed E-state index contributed by atoms with van der Waals surface area (Å²) in [6.07, 6.45) is 3.32. The van der Waals surface area contributed by atoms with E-state index in [4.69, 9.17) is 0 Å². The molecule has 0 bridgehead atoms. The quantitative estimate of drug-likeness (QED) is 0.774. The van der Waals surface area contributed by atoms with Crippen molar-refractivity contribution in [2.75, 3.05) is 19.6 Å². The van der Waals surface area contributed by atoms with Gasteiger partial charge >= 0.3 is 5.97 Å². The van der Waals surface area contributed by atoms with Crippen LogP contribution in [0.3, 0.4) is 0 Å². The molecule has 2 fully saturated rings. The van der Waals surface area contributed by atoms with Crippen LogP contribution in [0.2, 0.25) is 0 Å². The molecule has 1 heterocycles. The van der Waals surface area contributed by atoms with Crippen LogP contribution in [0.4, 0.5) is 0 Å². The Hall–Kier alpha value is -0.610. The average molecular weight is 240 g/mol. The zero-order chi connectivity index (χ0) is 12.4. The summed E-state index contributed by atoms with van der Waals surface area (Å²) >= 11 is 0. The fourth-order valence-electron chi connectivity index (χ4n) is 3.21. The van der Waals surface area contributed by atoms with E-state index in [2.05, 4.69) is 24.1 Å². The molecule has 2 N–H and O–H groups in total. The van der Waals surface area contributed by atoms with E-state index in [1.54, 1.807) is 0 Å². The van der Waals surface area contributed by atoms with E-state index in [0.717, 1.165) is 32.0 Å². The highest BCUT2D eigenvalue weighted by molar-refractivity contribution is 5.70. The number of piperidine rings is 1. The van der Waals surface area contributed by atoms with Gasteiger partial charge < -0.3 is 10.4 Å². The second kappa shape index (κ2) is 5.36. The summed E-state index contributed by atoms with van der Waals surface area (Å²) in [5.74, 6) is -0.0880. The van der Waals surface area contributed by atoms with Crippen molar-refractivity contribution >= 4 is 5.97 Å². The predicted octanol–water partition coefficient (Wildman–Crippen LogP) is 1.17. The lowest BCUT2D eigenvalue weighted by molar-refractivity contribution is -0.145. The summed E-state index contributed by atoms with van der Waals surface area (Å²) < 4.78 is 0. The van der Waals surface area contributed by atoms with Gasteiger partial charge in [-0.15, -0.1) is 0 Å². The Morgan fingerprint density at radius 2 is 2.18 bits per heavy atom. The summed E-state index contributed by atoms with van der Waals surface area (Å²) in [5, 5.41) is 12.6. The van der Waals surface area contributed by atoms with Crippen molar-refractivity contribution in [2.24, 2.45) is 11.8 Å². The van der Waals surface area contributed by atoms with Gasteiger partial charge in [-0.1, -0.05) is 13.8 Å². The maximum Gasteiger partial charge on any atom is 0.307 e. The summed E-state index contributed by atoms with van der Waals surface area (Å²) in [6, 6.07) is 0.973. The van der Waals surface area contributed by atoms with E-state index in [1.807, 2.05) is 0 Å². The lowest BCUT2D eigenvalue weighted by atomic mass is 9.78. The number of carbonyl (C=O) groups is 1. The van der Waals surface area contributed by atoms with E-state index in [1.165, 1.54) is 12.8 Å². The molecule has 98 valence electrons. The fourth-order valence-corrected chi connectivity index (χ4v) is 3.21. The smallest absolute Gasteiger partial charge is 0.307 e. The number of nitrogens with one attached hydrogen (secondary N) is 1. The lowest BCUT2D eigenvalue weighted by Crippen LogP contribution is -2.57. The highest BCUT2D eigenvalue weighted by atomic mass is 16.4. The largest absolute Gasteiger partial charge is 0.481 e. The van der Waals surface area contributed by atoms with E-state index >= 15 is 0 Å². The Morgan fingerprint density at radius 3 is 2.65 bits per heavy atom. The van der Waals surface area contributed by atoms with Crippen molar-refractivity contribution < 1.29 is 9.90 Å². The SMILES string of the molecule is CCNC1CC(C(=O)O)CN(C2CCC2C)C1. The van der Waals surface area contributed by atoms with Crippen molar-refractivity contribution in [3.63, 3.8) is 0 Å². The van der Waals surface area contributed by atoms with Crippen LogP contribution in [0.1, 0.15) is 33.1 Å². The van der Waals surface area contributed by atoms with Crippen LogP contribution < -0.4 is 5.32 Å². The maximum atomic E-state index is 11.2. The molecule has 2 aliphatic rings.